The van der Waals surface area contributed by atoms with Crippen molar-refractivity contribution in [2.24, 2.45) is 11.8 Å². The molecule has 0 radical (unpaired) electrons. The Labute approximate surface area is 146 Å². The van der Waals surface area contributed by atoms with Gasteiger partial charge in [0.15, 0.2) is 0 Å². The lowest BCUT2D eigenvalue weighted by Crippen LogP contribution is -2.45. The highest BCUT2D eigenvalue weighted by molar-refractivity contribution is 5.93. The summed E-state index contributed by atoms with van der Waals surface area (Å²) in [4.78, 5) is 14.6. The molecule has 4 heterocycles. The van der Waals surface area contributed by atoms with Crippen molar-refractivity contribution in [2.45, 2.75) is 19.1 Å². The molecule has 0 spiro atoms. The molecular formula is C18H22N4O3. The van der Waals surface area contributed by atoms with E-state index < -0.39 is 0 Å². The lowest BCUT2D eigenvalue weighted by molar-refractivity contribution is 0.0665. The fourth-order valence-corrected chi connectivity index (χ4v) is 3.80. The van der Waals surface area contributed by atoms with Crippen LogP contribution in [-0.4, -0.2) is 53.3 Å². The first-order valence-corrected chi connectivity index (χ1v) is 8.71. The first-order valence-electron chi connectivity index (χ1n) is 8.71. The number of rotatable bonds is 5. The molecule has 132 valence electrons. The average Bonchev–Trinajstić information content (AvgIpc) is 3.30. The molecule has 2 aromatic heterocycles. The fraction of sp³-hybridized carbons (Fsp3) is 0.500. The zero-order chi connectivity index (χ0) is 17.1. The molecule has 0 aromatic carbocycles. The standard InChI is InChI=1S/C18H22N4O3/c23-18(13-3-5-20-21-8-13)19-9-17-16-11-22(6-4-14(16)12-25-17)10-15-2-1-7-24-15/h1-3,5,7-8,14,16-17H,4,6,9-12H2,(H,19,23)/t14-,16-,17+/m0/s1. The molecular weight excluding hydrogens is 320 g/mol. The second kappa shape index (κ2) is 7.33. The second-order valence-corrected chi connectivity index (χ2v) is 6.74. The Bertz CT molecular complexity index is 692. The SMILES string of the molecule is O=C(NC[C@H]1OC[C@@H]2CCN(Cc3ccco3)C[C@@H]21)c1ccnnc1. The van der Waals surface area contributed by atoms with Gasteiger partial charge in [-0.05, 0) is 37.1 Å². The normalized spacial score (nSPS) is 26.3. The second-order valence-electron chi connectivity index (χ2n) is 6.74. The molecule has 0 aliphatic carbocycles. The number of carbonyl (C=O) groups is 1. The van der Waals surface area contributed by atoms with Gasteiger partial charge in [0, 0.05) is 19.0 Å². The number of hydrogen-bond acceptors (Lipinski definition) is 6. The van der Waals surface area contributed by atoms with Crippen LogP contribution in [0.25, 0.3) is 0 Å². The van der Waals surface area contributed by atoms with Gasteiger partial charge in [-0.3, -0.25) is 9.69 Å². The fourth-order valence-electron chi connectivity index (χ4n) is 3.80. The molecule has 1 amide bonds. The van der Waals surface area contributed by atoms with Crippen LogP contribution in [-0.2, 0) is 11.3 Å². The molecule has 7 nitrogen and oxygen atoms in total. The van der Waals surface area contributed by atoms with E-state index in [1.807, 2.05) is 12.1 Å². The van der Waals surface area contributed by atoms with Crippen LogP contribution >= 0.6 is 0 Å². The molecule has 2 aliphatic heterocycles. The van der Waals surface area contributed by atoms with Crippen molar-refractivity contribution in [3.63, 3.8) is 0 Å². The molecule has 25 heavy (non-hydrogen) atoms. The van der Waals surface area contributed by atoms with Crippen molar-refractivity contribution in [1.82, 2.24) is 20.4 Å². The number of piperidine rings is 1. The number of likely N-dealkylation sites (tertiary alicyclic amines) is 1. The van der Waals surface area contributed by atoms with Crippen LogP contribution in [0.2, 0.25) is 0 Å². The van der Waals surface area contributed by atoms with Crippen molar-refractivity contribution >= 4 is 5.91 Å². The summed E-state index contributed by atoms with van der Waals surface area (Å²) < 4.78 is 11.4. The summed E-state index contributed by atoms with van der Waals surface area (Å²) >= 11 is 0. The van der Waals surface area contributed by atoms with E-state index in [0.717, 1.165) is 38.4 Å². The van der Waals surface area contributed by atoms with Gasteiger partial charge in [0.25, 0.3) is 5.91 Å². The molecule has 2 saturated heterocycles. The Morgan fingerprint density at radius 3 is 3.12 bits per heavy atom. The van der Waals surface area contributed by atoms with E-state index in [2.05, 4.69) is 20.4 Å². The number of hydrogen-bond donors (Lipinski definition) is 1. The van der Waals surface area contributed by atoms with Crippen molar-refractivity contribution in [3.8, 4) is 0 Å². The predicted molar refractivity (Wildman–Crippen MR) is 89.7 cm³/mol. The highest BCUT2D eigenvalue weighted by Crippen LogP contribution is 2.34. The summed E-state index contributed by atoms with van der Waals surface area (Å²) in [5, 5.41) is 10.4. The Kier molecular flexibility index (Phi) is 4.76. The smallest absolute Gasteiger partial charge is 0.253 e. The quantitative estimate of drug-likeness (QED) is 0.883. The monoisotopic (exact) mass is 342 g/mol. The maximum Gasteiger partial charge on any atom is 0.253 e. The minimum atomic E-state index is -0.134. The minimum Gasteiger partial charge on any atom is -0.468 e. The van der Waals surface area contributed by atoms with Crippen molar-refractivity contribution < 1.29 is 13.9 Å². The number of ether oxygens (including phenoxy) is 1. The summed E-state index contributed by atoms with van der Waals surface area (Å²) in [6.07, 6.45) is 5.89. The molecule has 3 atom stereocenters. The van der Waals surface area contributed by atoms with Crippen LogP contribution in [0.3, 0.4) is 0 Å². The van der Waals surface area contributed by atoms with E-state index in [-0.39, 0.29) is 12.0 Å². The third-order valence-electron chi connectivity index (χ3n) is 5.16. The van der Waals surface area contributed by atoms with Crippen LogP contribution in [0, 0.1) is 11.8 Å². The molecule has 2 fully saturated rings. The minimum absolute atomic E-state index is 0.0585. The van der Waals surface area contributed by atoms with Gasteiger partial charge in [0.2, 0.25) is 0 Å². The van der Waals surface area contributed by atoms with Crippen molar-refractivity contribution in [2.75, 3.05) is 26.2 Å². The Morgan fingerprint density at radius 2 is 2.32 bits per heavy atom. The number of nitrogens with zero attached hydrogens (tertiary/aromatic N) is 3. The summed E-state index contributed by atoms with van der Waals surface area (Å²) in [5.74, 6) is 1.88. The maximum atomic E-state index is 12.2. The number of fused-ring (bicyclic) bond motifs is 1. The first-order chi connectivity index (χ1) is 12.3. The van der Waals surface area contributed by atoms with Crippen LogP contribution in [0.5, 0.6) is 0 Å². The number of amides is 1. The Morgan fingerprint density at radius 1 is 1.36 bits per heavy atom. The number of aromatic nitrogens is 2. The number of nitrogens with one attached hydrogen (secondary N) is 1. The van der Waals surface area contributed by atoms with Gasteiger partial charge in [0.1, 0.15) is 5.76 Å². The molecule has 0 unspecified atom stereocenters. The van der Waals surface area contributed by atoms with Gasteiger partial charge >= 0.3 is 0 Å². The molecule has 1 N–H and O–H groups in total. The summed E-state index contributed by atoms with van der Waals surface area (Å²) in [5.41, 5.74) is 0.521. The van der Waals surface area contributed by atoms with Gasteiger partial charge in [0.05, 0.1) is 43.5 Å². The van der Waals surface area contributed by atoms with Crippen LogP contribution < -0.4 is 5.32 Å². The molecule has 7 heteroatoms. The van der Waals surface area contributed by atoms with Gasteiger partial charge in [-0.15, -0.1) is 0 Å². The molecule has 0 saturated carbocycles. The van der Waals surface area contributed by atoms with Crippen molar-refractivity contribution in [3.05, 3.63) is 48.2 Å². The Balaban J connectivity index is 1.32. The largest absolute Gasteiger partial charge is 0.468 e. The van der Waals surface area contributed by atoms with Crippen LogP contribution in [0.15, 0.2) is 41.3 Å². The van der Waals surface area contributed by atoms with E-state index in [4.69, 9.17) is 9.15 Å². The molecule has 0 bridgehead atoms. The highest BCUT2D eigenvalue weighted by Gasteiger charge is 2.40. The Hall–Kier alpha value is -2.25. The summed E-state index contributed by atoms with van der Waals surface area (Å²) in [6.45, 7) is 4.18. The van der Waals surface area contributed by atoms with Crippen LogP contribution in [0.4, 0.5) is 0 Å². The molecule has 4 rings (SSSR count). The third kappa shape index (κ3) is 3.72. The zero-order valence-corrected chi connectivity index (χ0v) is 14.0. The van der Waals surface area contributed by atoms with Crippen LogP contribution in [0.1, 0.15) is 22.5 Å². The summed E-state index contributed by atoms with van der Waals surface area (Å²) in [7, 11) is 0. The van der Waals surface area contributed by atoms with Gasteiger partial charge in [-0.1, -0.05) is 0 Å². The predicted octanol–water partition coefficient (Wildman–Crippen LogP) is 1.34. The van der Waals surface area contributed by atoms with E-state index in [0.29, 0.717) is 23.9 Å². The average molecular weight is 342 g/mol. The highest BCUT2D eigenvalue weighted by atomic mass is 16.5. The lowest BCUT2D eigenvalue weighted by atomic mass is 9.84. The number of carbonyl (C=O) groups excluding carboxylic acids is 1. The maximum absolute atomic E-state index is 12.2. The lowest BCUT2D eigenvalue weighted by Gasteiger charge is -2.35. The van der Waals surface area contributed by atoms with Gasteiger partial charge in [-0.25, -0.2) is 0 Å². The third-order valence-corrected chi connectivity index (χ3v) is 5.16. The molecule has 2 aliphatic rings. The molecule has 2 aromatic rings. The van der Waals surface area contributed by atoms with Gasteiger partial charge in [-0.2, -0.15) is 10.2 Å². The van der Waals surface area contributed by atoms with E-state index in [9.17, 15) is 4.79 Å². The zero-order valence-electron chi connectivity index (χ0n) is 14.0. The van der Waals surface area contributed by atoms with Gasteiger partial charge < -0.3 is 14.5 Å². The van der Waals surface area contributed by atoms with E-state index in [1.54, 1.807) is 12.3 Å². The van der Waals surface area contributed by atoms with E-state index >= 15 is 0 Å². The summed E-state index contributed by atoms with van der Waals surface area (Å²) in [6, 6.07) is 5.59. The topological polar surface area (TPSA) is 80.5 Å². The van der Waals surface area contributed by atoms with Crippen molar-refractivity contribution in [1.29, 1.82) is 0 Å². The van der Waals surface area contributed by atoms with E-state index in [1.165, 1.54) is 12.4 Å². The first kappa shape index (κ1) is 16.2. The number of furan rings is 1.